The molecule has 114 valence electrons. The van der Waals surface area contributed by atoms with Crippen LogP contribution in [0.2, 0.25) is 0 Å². The predicted molar refractivity (Wildman–Crippen MR) is 83.0 cm³/mol. The van der Waals surface area contributed by atoms with Gasteiger partial charge in [0, 0.05) is 24.9 Å². The van der Waals surface area contributed by atoms with Crippen molar-refractivity contribution in [1.82, 2.24) is 14.6 Å². The minimum absolute atomic E-state index is 0.130. The van der Waals surface area contributed by atoms with Gasteiger partial charge in [-0.3, -0.25) is 4.79 Å². The molecule has 1 saturated carbocycles. The van der Waals surface area contributed by atoms with E-state index >= 15 is 0 Å². The maximum Gasteiger partial charge on any atom is 0.275 e. The SMILES string of the molecule is CCc1cc(=O)n2nc(NCC3(CCO)CCC3)sc2n1. The van der Waals surface area contributed by atoms with E-state index in [1.54, 1.807) is 0 Å². The summed E-state index contributed by atoms with van der Waals surface area (Å²) in [7, 11) is 0. The Kier molecular flexibility index (Phi) is 3.95. The van der Waals surface area contributed by atoms with Crippen LogP contribution < -0.4 is 10.9 Å². The second kappa shape index (κ2) is 5.73. The van der Waals surface area contributed by atoms with Gasteiger partial charge in [0.1, 0.15) is 0 Å². The van der Waals surface area contributed by atoms with Gasteiger partial charge in [0.05, 0.1) is 0 Å². The van der Waals surface area contributed by atoms with Crippen molar-refractivity contribution in [1.29, 1.82) is 0 Å². The third kappa shape index (κ3) is 2.80. The van der Waals surface area contributed by atoms with Crippen LogP contribution in [0.1, 0.15) is 38.3 Å². The number of nitrogens with zero attached hydrogens (tertiary/aromatic N) is 3. The van der Waals surface area contributed by atoms with Gasteiger partial charge in [0.15, 0.2) is 0 Å². The molecule has 0 bridgehead atoms. The van der Waals surface area contributed by atoms with Crippen LogP contribution in [0.5, 0.6) is 0 Å². The Morgan fingerprint density at radius 2 is 2.33 bits per heavy atom. The molecular formula is C14H20N4O2S. The van der Waals surface area contributed by atoms with Gasteiger partial charge >= 0.3 is 0 Å². The molecule has 7 heteroatoms. The number of aliphatic hydroxyl groups excluding tert-OH is 1. The number of hydrogen-bond donors (Lipinski definition) is 2. The zero-order valence-electron chi connectivity index (χ0n) is 12.1. The molecule has 2 N–H and O–H groups in total. The summed E-state index contributed by atoms with van der Waals surface area (Å²) in [5.41, 5.74) is 0.861. The number of nitrogens with one attached hydrogen (secondary N) is 1. The summed E-state index contributed by atoms with van der Waals surface area (Å²) in [6.07, 6.45) is 5.07. The average molecular weight is 308 g/mol. The maximum absolute atomic E-state index is 11.9. The Hall–Kier alpha value is -1.47. The van der Waals surface area contributed by atoms with E-state index in [1.807, 2.05) is 6.92 Å². The summed E-state index contributed by atoms with van der Waals surface area (Å²) in [6.45, 7) is 3.00. The Labute approximate surface area is 126 Å². The second-order valence-electron chi connectivity index (χ2n) is 5.72. The average Bonchev–Trinajstić information content (AvgIpc) is 2.85. The highest BCUT2D eigenvalue weighted by molar-refractivity contribution is 7.20. The van der Waals surface area contributed by atoms with Crippen LogP contribution in [0, 0.1) is 5.41 Å². The van der Waals surface area contributed by atoms with Gasteiger partial charge in [0.25, 0.3) is 5.56 Å². The highest BCUT2D eigenvalue weighted by Gasteiger charge is 2.36. The highest BCUT2D eigenvalue weighted by Crippen LogP contribution is 2.43. The molecule has 2 aromatic rings. The first-order valence-corrected chi connectivity index (χ1v) is 8.22. The van der Waals surface area contributed by atoms with Crippen molar-refractivity contribution in [2.45, 2.75) is 39.0 Å². The number of fused-ring (bicyclic) bond motifs is 1. The minimum Gasteiger partial charge on any atom is -0.396 e. The van der Waals surface area contributed by atoms with Crippen molar-refractivity contribution in [3.05, 3.63) is 22.1 Å². The molecule has 0 amide bonds. The zero-order valence-corrected chi connectivity index (χ0v) is 12.9. The Morgan fingerprint density at radius 1 is 1.52 bits per heavy atom. The van der Waals surface area contributed by atoms with E-state index in [4.69, 9.17) is 0 Å². The van der Waals surface area contributed by atoms with Crippen LogP contribution >= 0.6 is 11.3 Å². The van der Waals surface area contributed by atoms with Crippen molar-refractivity contribution in [3.8, 4) is 0 Å². The quantitative estimate of drug-likeness (QED) is 0.849. The first-order chi connectivity index (χ1) is 10.2. The number of aryl methyl sites for hydroxylation is 1. The number of anilines is 1. The molecular weight excluding hydrogens is 288 g/mol. The predicted octanol–water partition coefficient (Wildman–Crippen LogP) is 1.68. The van der Waals surface area contributed by atoms with E-state index in [0.717, 1.165) is 43.1 Å². The fourth-order valence-electron chi connectivity index (χ4n) is 2.80. The van der Waals surface area contributed by atoms with Crippen molar-refractivity contribution in [3.63, 3.8) is 0 Å². The second-order valence-corrected chi connectivity index (χ2v) is 6.68. The third-order valence-electron chi connectivity index (χ3n) is 4.33. The number of rotatable bonds is 6. The van der Waals surface area contributed by atoms with E-state index in [9.17, 15) is 9.90 Å². The number of hydrogen-bond acceptors (Lipinski definition) is 6. The summed E-state index contributed by atoms with van der Waals surface area (Å²) >= 11 is 1.40. The van der Waals surface area contributed by atoms with Crippen molar-refractivity contribution in [2.24, 2.45) is 5.41 Å². The van der Waals surface area contributed by atoms with Crippen LogP contribution in [0.25, 0.3) is 4.96 Å². The molecule has 3 rings (SSSR count). The van der Waals surface area contributed by atoms with Gasteiger partial charge in [0.2, 0.25) is 10.1 Å². The molecule has 1 aliphatic rings. The van der Waals surface area contributed by atoms with Gasteiger partial charge < -0.3 is 10.4 Å². The van der Waals surface area contributed by atoms with E-state index in [-0.39, 0.29) is 17.6 Å². The van der Waals surface area contributed by atoms with Crippen molar-refractivity contribution < 1.29 is 5.11 Å². The molecule has 0 unspecified atom stereocenters. The van der Waals surface area contributed by atoms with Gasteiger partial charge in [-0.05, 0) is 31.1 Å². The fraction of sp³-hybridized carbons (Fsp3) is 0.643. The molecule has 0 aromatic carbocycles. The molecule has 2 aromatic heterocycles. The summed E-state index contributed by atoms with van der Waals surface area (Å²) in [5, 5.41) is 17.5. The van der Waals surface area contributed by atoms with Crippen LogP contribution in [0.4, 0.5) is 5.13 Å². The van der Waals surface area contributed by atoms with E-state index < -0.39 is 0 Å². The molecule has 21 heavy (non-hydrogen) atoms. The summed E-state index contributed by atoms with van der Waals surface area (Å²) < 4.78 is 1.35. The third-order valence-corrected chi connectivity index (χ3v) is 5.20. The van der Waals surface area contributed by atoms with Crippen LogP contribution in [-0.4, -0.2) is 32.9 Å². The topological polar surface area (TPSA) is 79.5 Å². The molecule has 1 fully saturated rings. The molecule has 0 radical (unpaired) electrons. The Morgan fingerprint density at radius 3 is 2.95 bits per heavy atom. The van der Waals surface area contributed by atoms with Gasteiger partial charge in [-0.15, -0.1) is 5.10 Å². The van der Waals surface area contributed by atoms with Crippen LogP contribution in [0.15, 0.2) is 10.9 Å². The largest absolute Gasteiger partial charge is 0.396 e. The van der Waals surface area contributed by atoms with E-state index in [0.29, 0.717) is 4.96 Å². The lowest BCUT2D eigenvalue weighted by Gasteiger charge is -2.41. The summed E-state index contributed by atoms with van der Waals surface area (Å²) in [6, 6.07) is 1.54. The van der Waals surface area contributed by atoms with Crippen molar-refractivity contribution in [2.75, 3.05) is 18.5 Å². The van der Waals surface area contributed by atoms with E-state index in [1.165, 1.54) is 28.3 Å². The van der Waals surface area contributed by atoms with E-state index in [2.05, 4.69) is 15.4 Å². The molecule has 2 heterocycles. The normalized spacial score (nSPS) is 16.9. The smallest absolute Gasteiger partial charge is 0.275 e. The van der Waals surface area contributed by atoms with Crippen LogP contribution in [-0.2, 0) is 6.42 Å². The van der Waals surface area contributed by atoms with Gasteiger partial charge in [-0.2, -0.15) is 4.52 Å². The summed E-state index contributed by atoms with van der Waals surface area (Å²) in [4.78, 5) is 17.0. The fourth-order valence-corrected chi connectivity index (χ4v) is 3.62. The monoisotopic (exact) mass is 308 g/mol. The lowest BCUT2D eigenvalue weighted by Crippen LogP contribution is -2.37. The summed E-state index contributed by atoms with van der Waals surface area (Å²) in [5.74, 6) is 0. The lowest BCUT2D eigenvalue weighted by atomic mass is 9.67. The molecule has 0 aliphatic heterocycles. The number of aromatic nitrogens is 3. The lowest BCUT2D eigenvalue weighted by molar-refractivity contribution is 0.102. The molecule has 0 spiro atoms. The van der Waals surface area contributed by atoms with Gasteiger partial charge in [-0.1, -0.05) is 24.7 Å². The molecule has 0 atom stereocenters. The Bertz CT molecular complexity index is 690. The Balaban J connectivity index is 1.78. The molecule has 6 nitrogen and oxygen atoms in total. The first-order valence-electron chi connectivity index (χ1n) is 7.40. The zero-order chi connectivity index (χ0) is 14.9. The maximum atomic E-state index is 11.9. The van der Waals surface area contributed by atoms with Crippen LogP contribution in [0.3, 0.4) is 0 Å². The minimum atomic E-state index is -0.130. The van der Waals surface area contributed by atoms with Crippen molar-refractivity contribution >= 4 is 21.4 Å². The first kappa shape index (κ1) is 14.5. The molecule has 0 saturated heterocycles. The number of aliphatic hydroxyl groups is 1. The standard InChI is InChI=1S/C14H20N4O2S/c1-2-10-8-11(20)18-13(16-10)21-12(17-18)15-9-14(6-7-19)4-3-5-14/h8,19H,2-7,9H2,1H3,(H,15,17). The van der Waals surface area contributed by atoms with Gasteiger partial charge in [-0.25, -0.2) is 4.98 Å². The molecule has 1 aliphatic carbocycles. The highest BCUT2D eigenvalue weighted by atomic mass is 32.1.